The van der Waals surface area contributed by atoms with Gasteiger partial charge in [0.1, 0.15) is 11.5 Å². The quantitative estimate of drug-likeness (QED) is 0.592. The van der Waals surface area contributed by atoms with E-state index < -0.39 is 10.0 Å². The Morgan fingerprint density at radius 3 is 2.56 bits per heavy atom. The molecule has 0 atom stereocenters. The fourth-order valence-corrected chi connectivity index (χ4v) is 5.73. The molecule has 0 saturated carbocycles. The summed E-state index contributed by atoms with van der Waals surface area (Å²) in [4.78, 5) is 26.1. The Morgan fingerprint density at radius 1 is 1.06 bits per heavy atom. The van der Waals surface area contributed by atoms with Crippen LogP contribution in [0.25, 0.3) is 0 Å². The molecule has 170 valence electrons. The second-order valence-corrected chi connectivity index (χ2v) is 9.80. The summed E-state index contributed by atoms with van der Waals surface area (Å²) in [5.74, 6) is 0.572. The van der Waals surface area contributed by atoms with Crippen molar-refractivity contribution in [3.05, 3.63) is 47.5 Å². The molecule has 1 fully saturated rings. The number of rotatable bonds is 7. The minimum Gasteiger partial charge on any atom is -0.497 e. The number of hydrogen-bond donors (Lipinski definition) is 0. The fourth-order valence-electron chi connectivity index (χ4n) is 4.17. The summed E-state index contributed by atoms with van der Waals surface area (Å²) in [6.45, 7) is 1.39. The summed E-state index contributed by atoms with van der Waals surface area (Å²) in [5.41, 5.74) is 1.84. The predicted molar refractivity (Wildman–Crippen MR) is 119 cm³/mol. The second kappa shape index (κ2) is 9.30. The average molecular weight is 459 g/mol. The molecule has 0 spiro atoms. The van der Waals surface area contributed by atoms with Gasteiger partial charge in [0.15, 0.2) is 12.9 Å². The standard InChI is InChI=1S/C23H26N2O6S/c1-30-19-6-9-22(18(13-19)15-26)31-16-23(27)25-12-4-5-17-14-20(7-8-21(17)25)32(28,29)24-10-2-3-11-24/h6-9,13-15H,2-5,10-12,16H2,1H3. The maximum atomic E-state index is 12.9. The number of anilines is 1. The van der Waals surface area contributed by atoms with E-state index in [2.05, 4.69) is 0 Å². The van der Waals surface area contributed by atoms with Gasteiger partial charge in [-0.05, 0) is 67.6 Å². The van der Waals surface area contributed by atoms with Crippen LogP contribution in [0.4, 0.5) is 5.69 Å². The first-order valence-electron chi connectivity index (χ1n) is 10.6. The monoisotopic (exact) mass is 458 g/mol. The molecule has 1 saturated heterocycles. The van der Waals surface area contributed by atoms with Crippen molar-refractivity contribution in [3.63, 3.8) is 0 Å². The van der Waals surface area contributed by atoms with E-state index in [1.165, 1.54) is 11.4 Å². The Bertz CT molecular complexity index is 1130. The summed E-state index contributed by atoms with van der Waals surface area (Å²) in [6, 6.07) is 9.77. The Hall–Kier alpha value is -2.91. The van der Waals surface area contributed by atoms with Crippen molar-refractivity contribution < 1.29 is 27.5 Å². The Labute approximate surface area is 187 Å². The molecule has 8 nitrogen and oxygen atoms in total. The highest BCUT2D eigenvalue weighted by Crippen LogP contribution is 2.31. The number of methoxy groups -OCH3 is 1. The van der Waals surface area contributed by atoms with Crippen molar-refractivity contribution in [3.8, 4) is 11.5 Å². The molecule has 2 heterocycles. The lowest BCUT2D eigenvalue weighted by atomic mass is 10.0. The lowest BCUT2D eigenvalue weighted by Crippen LogP contribution is -2.39. The van der Waals surface area contributed by atoms with Crippen LogP contribution in [0, 0.1) is 0 Å². The number of hydrogen-bond acceptors (Lipinski definition) is 6. The number of sulfonamides is 1. The molecular formula is C23H26N2O6S. The minimum absolute atomic E-state index is 0.236. The summed E-state index contributed by atoms with van der Waals surface area (Å²) >= 11 is 0. The number of carbonyl (C=O) groups is 2. The zero-order valence-corrected chi connectivity index (χ0v) is 18.8. The van der Waals surface area contributed by atoms with Crippen LogP contribution in [0.2, 0.25) is 0 Å². The number of carbonyl (C=O) groups excluding carboxylic acids is 2. The van der Waals surface area contributed by atoms with Crippen LogP contribution < -0.4 is 14.4 Å². The third kappa shape index (κ3) is 4.35. The van der Waals surface area contributed by atoms with Crippen molar-refractivity contribution >= 4 is 27.9 Å². The van der Waals surface area contributed by atoms with Crippen LogP contribution in [0.15, 0.2) is 41.3 Å². The van der Waals surface area contributed by atoms with Crippen molar-refractivity contribution in [2.75, 3.05) is 38.3 Å². The van der Waals surface area contributed by atoms with E-state index in [-0.39, 0.29) is 17.4 Å². The SMILES string of the molecule is COc1ccc(OCC(=O)N2CCCc3cc(S(=O)(=O)N4CCCC4)ccc32)c(C=O)c1. The lowest BCUT2D eigenvalue weighted by Gasteiger charge is -2.30. The third-order valence-corrected chi connectivity index (χ3v) is 7.76. The van der Waals surface area contributed by atoms with Crippen LogP contribution in [0.3, 0.4) is 0 Å². The van der Waals surface area contributed by atoms with Crippen LogP contribution >= 0.6 is 0 Å². The molecule has 2 aromatic rings. The van der Waals surface area contributed by atoms with Gasteiger partial charge in [0, 0.05) is 25.3 Å². The van der Waals surface area contributed by atoms with Gasteiger partial charge in [-0.15, -0.1) is 0 Å². The van der Waals surface area contributed by atoms with Crippen molar-refractivity contribution in [1.29, 1.82) is 0 Å². The molecule has 0 aromatic heterocycles. The third-order valence-electron chi connectivity index (χ3n) is 5.87. The zero-order valence-electron chi connectivity index (χ0n) is 18.0. The number of fused-ring (bicyclic) bond motifs is 1. The largest absolute Gasteiger partial charge is 0.497 e. The van der Waals surface area contributed by atoms with Gasteiger partial charge in [0.05, 0.1) is 17.6 Å². The number of nitrogens with zero attached hydrogens (tertiary/aromatic N) is 2. The number of amides is 1. The lowest BCUT2D eigenvalue weighted by molar-refractivity contribution is -0.120. The maximum Gasteiger partial charge on any atom is 0.264 e. The molecule has 2 aliphatic rings. The van der Waals surface area contributed by atoms with Crippen LogP contribution in [0.5, 0.6) is 11.5 Å². The smallest absolute Gasteiger partial charge is 0.264 e. The highest BCUT2D eigenvalue weighted by molar-refractivity contribution is 7.89. The number of benzene rings is 2. The first-order chi connectivity index (χ1) is 15.4. The summed E-state index contributed by atoms with van der Waals surface area (Å²) in [5, 5.41) is 0. The van der Waals surface area contributed by atoms with Gasteiger partial charge < -0.3 is 14.4 Å². The first kappa shape index (κ1) is 22.3. The Balaban J connectivity index is 1.50. The number of aryl methyl sites for hydroxylation is 1. The fraction of sp³-hybridized carbons (Fsp3) is 0.391. The molecule has 2 aromatic carbocycles. The summed E-state index contributed by atoms with van der Waals surface area (Å²) in [6.07, 6.45) is 3.85. The normalized spacial score (nSPS) is 16.5. The summed E-state index contributed by atoms with van der Waals surface area (Å²) in [7, 11) is -2.00. The van der Waals surface area contributed by atoms with Gasteiger partial charge in [-0.25, -0.2) is 8.42 Å². The van der Waals surface area contributed by atoms with E-state index in [1.807, 2.05) is 0 Å². The van der Waals surface area contributed by atoms with E-state index in [0.717, 1.165) is 24.8 Å². The van der Waals surface area contributed by atoms with Gasteiger partial charge >= 0.3 is 0 Å². The molecule has 0 radical (unpaired) electrons. The van der Waals surface area contributed by atoms with Gasteiger partial charge in [0.2, 0.25) is 10.0 Å². The molecule has 32 heavy (non-hydrogen) atoms. The minimum atomic E-state index is -3.51. The molecule has 0 unspecified atom stereocenters. The molecule has 9 heteroatoms. The highest BCUT2D eigenvalue weighted by Gasteiger charge is 2.30. The first-order valence-corrected chi connectivity index (χ1v) is 12.1. The van der Waals surface area contributed by atoms with Gasteiger partial charge in [-0.2, -0.15) is 4.31 Å². The zero-order chi connectivity index (χ0) is 22.7. The van der Waals surface area contributed by atoms with Crippen LogP contribution in [-0.2, 0) is 21.2 Å². The Kier molecular flexibility index (Phi) is 6.48. The topological polar surface area (TPSA) is 93.2 Å². The molecule has 0 aliphatic carbocycles. The van der Waals surface area contributed by atoms with Crippen molar-refractivity contribution in [2.45, 2.75) is 30.6 Å². The Morgan fingerprint density at radius 2 is 1.84 bits per heavy atom. The molecule has 4 rings (SSSR count). The molecule has 1 amide bonds. The highest BCUT2D eigenvalue weighted by atomic mass is 32.2. The van der Waals surface area contributed by atoms with Crippen molar-refractivity contribution in [1.82, 2.24) is 4.31 Å². The van der Waals surface area contributed by atoms with E-state index in [0.29, 0.717) is 55.1 Å². The van der Waals surface area contributed by atoms with E-state index >= 15 is 0 Å². The van der Waals surface area contributed by atoms with Gasteiger partial charge in [-0.1, -0.05) is 0 Å². The maximum absolute atomic E-state index is 12.9. The van der Waals surface area contributed by atoms with Crippen molar-refractivity contribution in [2.24, 2.45) is 0 Å². The van der Waals surface area contributed by atoms with Gasteiger partial charge in [-0.3, -0.25) is 9.59 Å². The number of ether oxygens (including phenoxy) is 2. The van der Waals surface area contributed by atoms with E-state index in [9.17, 15) is 18.0 Å². The van der Waals surface area contributed by atoms with E-state index in [1.54, 1.807) is 41.3 Å². The number of aldehydes is 1. The molecule has 0 N–H and O–H groups in total. The van der Waals surface area contributed by atoms with E-state index in [4.69, 9.17) is 9.47 Å². The second-order valence-electron chi connectivity index (χ2n) is 7.86. The van der Waals surface area contributed by atoms with Gasteiger partial charge in [0.25, 0.3) is 5.91 Å². The van der Waals surface area contributed by atoms with Crippen LogP contribution in [-0.4, -0.2) is 58.3 Å². The molecule has 2 aliphatic heterocycles. The molecule has 0 bridgehead atoms. The van der Waals surface area contributed by atoms with Crippen LogP contribution in [0.1, 0.15) is 35.2 Å². The molecular weight excluding hydrogens is 432 g/mol. The summed E-state index contributed by atoms with van der Waals surface area (Å²) < 4.78 is 38.0. The predicted octanol–water partition coefficient (Wildman–Crippen LogP) is 2.65. The average Bonchev–Trinajstić information content (AvgIpc) is 3.37.